The van der Waals surface area contributed by atoms with Gasteiger partial charge in [-0.3, -0.25) is 9.59 Å². The minimum Gasteiger partial charge on any atom is -0.337 e. The van der Waals surface area contributed by atoms with Gasteiger partial charge in [0, 0.05) is 39.3 Å². The van der Waals surface area contributed by atoms with E-state index >= 15 is 0 Å². The minimum absolute atomic E-state index is 0.129. The first-order valence-electron chi connectivity index (χ1n) is 9.48. The summed E-state index contributed by atoms with van der Waals surface area (Å²) in [6.45, 7) is 1.13. The topological polar surface area (TPSA) is 79.7 Å². The van der Waals surface area contributed by atoms with E-state index in [0.29, 0.717) is 23.3 Å². The molecule has 0 radical (unpaired) electrons. The summed E-state index contributed by atoms with van der Waals surface area (Å²) in [4.78, 5) is 25.9. The van der Waals surface area contributed by atoms with Crippen LogP contribution < -0.4 is 4.87 Å². The van der Waals surface area contributed by atoms with Crippen LogP contribution in [-0.2, 0) is 21.9 Å². The molecule has 2 heterocycles. The van der Waals surface area contributed by atoms with E-state index in [9.17, 15) is 18.0 Å². The molecule has 0 unspecified atom stereocenters. The van der Waals surface area contributed by atoms with Gasteiger partial charge in [0.1, 0.15) is 0 Å². The van der Waals surface area contributed by atoms with E-state index in [4.69, 9.17) is 0 Å². The van der Waals surface area contributed by atoms with E-state index in [2.05, 4.69) is 0 Å². The normalized spacial score (nSPS) is 15.8. The molecule has 1 fully saturated rings. The third-order valence-corrected chi connectivity index (χ3v) is 8.06. The highest BCUT2D eigenvalue weighted by Gasteiger charge is 2.30. The number of aromatic nitrogens is 1. The van der Waals surface area contributed by atoms with Crippen molar-refractivity contribution in [1.29, 1.82) is 0 Å². The van der Waals surface area contributed by atoms with Gasteiger partial charge in [0.25, 0.3) is 0 Å². The zero-order chi connectivity index (χ0) is 21.3. The highest BCUT2D eigenvalue weighted by atomic mass is 32.2. The number of carbonyl (C=O) groups is 1. The lowest BCUT2D eigenvalue weighted by Gasteiger charge is -2.33. The zero-order valence-electron chi connectivity index (χ0n) is 16.4. The molecule has 0 N–H and O–H groups in total. The fourth-order valence-electron chi connectivity index (χ4n) is 3.41. The van der Waals surface area contributed by atoms with E-state index in [-0.39, 0.29) is 28.8 Å². The molecule has 0 bridgehead atoms. The van der Waals surface area contributed by atoms with Crippen molar-refractivity contribution in [1.82, 2.24) is 13.8 Å². The number of thiazole rings is 1. The summed E-state index contributed by atoms with van der Waals surface area (Å²) in [6.07, 6.45) is 3.27. The van der Waals surface area contributed by atoms with Crippen molar-refractivity contribution in [2.75, 3.05) is 26.2 Å². The maximum absolute atomic E-state index is 13.0. The number of amides is 1. The molecule has 1 aromatic heterocycles. The molecule has 9 heteroatoms. The van der Waals surface area contributed by atoms with Crippen LogP contribution in [0.4, 0.5) is 0 Å². The molecule has 1 aliphatic rings. The number of benzene rings is 2. The average Bonchev–Trinajstić information content (AvgIpc) is 3.06. The first kappa shape index (κ1) is 20.5. The number of aryl methyl sites for hydroxylation is 1. The number of piperazine rings is 1. The zero-order valence-corrected chi connectivity index (χ0v) is 18.0. The van der Waals surface area contributed by atoms with Gasteiger partial charge in [0.05, 0.1) is 15.1 Å². The van der Waals surface area contributed by atoms with Crippen LogP contribution in [0.2, 0.25) is 0 Å². The number of fused-ring (bicyclic) bond motifs is 1. The van der Waals surface area contributed by atoms with Crippen LogP contribution in [0.1, 0.15) is 5.56 Å². The Bertz CT molecular complexity index is 1270. The van der Waals surface area contributed by atoms with Crippen LogP contribution in [0.15, 0.2) is 64.3 Å². The molecule has 156 valence electrons. The first-order valence-corrected chi connectivity index (χ1v) is 11.7. The Kier molecular flexibility index (Phi) is 5.59. The van der Waals surface area contributed by atoms with Gasteiger partial charge < -0.3 is 9.47 Å². The number of sulfonamides is 1. The predicted octanol–water partition coefficient (Wildman–Crippen LogP) is 2.15. The second-order valence-corrected chi connectivity index (χ2v) is 9.96. The van der Waals surface area contributed by atoms with E-state index in [0.717, 1.165) is 16.9 Å². The smallest absolute Gasteiger partial charge is 0.307 e. The van der Waals surface area contributed by atoms with Crippen LogP contribution >= 0.6 is 11.3 Å². The average molecular weight is 444 g/mol. The summed E-state index contributed by atoms with van der Waals surface area (Å²) >= 11 is 1.03. The van der Waals surface area contributed by atoms with Crippen molar-refractivity contribution in [3.63, 3.8) is 0 Å². The molecular weight excluding hydrogens is 422 g/mol. The molecule has 1 amide bonds. The molecule has 30 heavy (non-hydrogen) atoms. The molecule has 7 nitrogen and oxygen atoms in total. The Balaban J connectivity index is 1.44. The maximum Gasteiger partial charge on any atom is 0.307 e. The summed E-state index contributed by atoms with van der Waals surface area (Å²) in [7, 11) is -2.02. The van der Waals surface area contributed by atoms with Crippen LogP contribution in [0, 0.1) is 0 Å². The van der Waals surface area contributed by atoms with Gasteiger partial charge in [0.2, 0.25) is 15.9 Å². The second kappa shape index (κ2) is 8.17. The van der Waals surface area contributed by atoms with Crippen LogP contribution in [0.3, 0.4) is 0 Å². The Morgan fingerprint density at radius 1 is 1.03 bits per heavy atom. The van der Waals surface area contributed by atoms with Crippen LogP contribution in [-0.4, -0.2) is 54.3 Å². The highest BCUT2D eigenvalue weighted by Crippen LogP contribution is 2.24. The number of hydrogen-bond acceptors (Lipinski definition) is 5. The standard InChI is InChI=1S/C21H21N3O4S2/c1-22-18-9-8-17(15-19(18)29-21(22)26)30(27,28)24-13-11-23(12-14-24)20(25)10-7-16-5-3-2-4-6-16/h2-10,15H,11-14H2,1H3/b10-7+. The number of carbonyl (C=O) groups excluding carboxylic acids is 1. The van der Waals surface area contributed by atoms with Crippen molar-refractivity contribution >= 4 is 43.6 Å². The molecule has 0 aliphatic carbocycles. The lowest BCUT2D eigenvalue weighted by molar-refractivity contribution is -0.127. The van der Waals surface area contributed by atoms with E-state index in [1.165, 1.54) is 21.0 Å². The maximum atomic E-state index is 13.0. The van der Waals surface area contributed by atoms with Gasteiger partial charge in [-0.2, -0.15) is 4.31 Å². The molecule has 4 rings (SSSR count). The lowest BCUT2D eigenvalue weighted by atomic mass is 10.2. The third-order valence-electron chi connectivity index (χ3n) is 5.17. The fourth-order valence-corrected chi connectivity index (χ4v) is 5.85. The SMILES string of the molecule is Cn1c(=O)sc2cc(S(=O)(=O)N3CCN(C(=O)/C=C/c4ccccc4)CC3)ccc21. The van der Waals surface area contributed by atoms with Gasteiger partial charge in [-0.05, 0) is 29.8 Å². The summed E-state index contributed by atoms with van der Waals surface area (Å²) < 4.78 is 29.6. The van der Waals surface area contributed by atoms with Crippen molar-refractivity contribution < 1.29 is 13.2 Å². The van der Waals surface area contributed by atoms with Crippen LogP contribution in [0.25, 0.3) is 16.3 Å². The molecule has 1 saturated heterocycles. The minimum atomic E-state index is -3.69. The largest absolute Gasteiger partial charge is 0.337 e. The summed E-state index contributed by atoms with van der Waals surface area (Å²) in [5, 5.41) is 0. The van der Waals surface area contributed by atoms with Crippen molar-refractivity contribution in [2.24, 2.45) is 7.05 Å². The highest BCUT2D eigenvalue weighted by molar-refractivity contribution is 7.89. The van der Waals surface area contributed by atoms with Gasteiger partial charge >= 0.3 is 4.87 Å². The van der Waals surface area contributed by atoms with Gasteiger partial charge in [-0.1, -0.05) is 41.7 Å². The van der Waals surface area contributed by atoms with Gasteiger partial charge in [-0.25, -0.2) is 8.42 Å². The quantitative estimate of drug-likeness (QED) is 0.579. The molecule has 0 saturated carbocycles. The van der Waals surface area contributed by atoms with Crippen molar-refractivity contribution in [2.45, 2.75) is 4.90 Å². The molecule has 0 spiro atoms. The number of rotatable bonds is 4. The first-order chi connectivity index (χ1) is 14.4. The third kappa shape index (κ3) is 3.96. The fraction of sp³-hybridized carbons (Fsp3) is 0.238. The number of nitrogens with zero attached hydrogens (tertiary/aromatic N) is 3. The molecular formula is C21H21N3O4S2. The summed E-state index contributed by atoms with van der Waals surface area (Å²) in [6, 6.07) is 14.3. The molecule has 0 atom stereocenters. The molecule has 3 aromatic rings. The van der Waals surface area contributed by atoms with E-state index < -0.39 is 10.0 Å². The van der Waals surface area contributed by atoms with Crippen LogP contribution in [0.5, 0.6) is 0 Å². The molecule has 2 aromatic carbocycles. The predicted molar refractivity (Wildman–Crippen MR) is 118 cm³/mol. The van der Waals surface area contributed by atoms with Gasteiger partial charge in [-0.15, -0.1) is 0 Å². The summed E-state index contributed by atoms with van der Waals surface area (Å²) in [5.41, 5.74) is 1.65. The number of hydrogen-bond donors (Lipinski definition) is 0. The second-order valence-electron chi connectivity index (χ2n) is 7.03. The monoisotopic (exact) mass is 443 g/mol. The van der Waals surface area contributed by atoms with Crippen molar-refractivity contribution in [3.05, 3.63) is 69.8 Å². The lowest BCUT2D eigenvalue weighted by Crippen LogP contribution is -2.50. The Morgan fingerprint density at radius 3 is 2.43 bits per heavy atom. The Morgan fingerprint density at radius 2 is 1.73 bits per heavy atom. The molecule has 1 aliphatic heterocycles. The van der Waals surface area contributed by atoms with E-state index in [1.54, 1.807) is 30.2 Å². The Hall–Kier alpha value is -2.75. The summed E-state index contributed by atoms with van der Waals surface area (Å²) in [5.74, 6) is -0.133. The van der Waals surface area contributed by atoms with Gasteiger partial charge in [0.15, 0.2) is 0 Å². The Labute approximate surface area is 178 Å². The van der Waals surface area contributed by atoms with Crippen molar-refractivity contribution in [3.8, 4) is 0 Å². The van der Waals surface area contributed by atoms with E-state index in [1.807, 2.05) is 30.3 Å².